The number of halogens is 1. The second-order valence-electron chi connectivity index (χ2n) is 7.93. The Balaban J connectivity index is 2.01. The van der Waals surface area contributed by atoms with Crippen LogP contribution in [0.15, 0.2) is 24.3 Å². The highest BCUT2D eigenvalue weighted by atomic mass is 32.2. The number of sulfonamides is 1. The molecule has 1 aliphatic rings. The average molecular weight is 408 g/mol. The SMILES string of the molecule is C=C1CCCC(CC)(Cn2nc(C)c3cc(C(=O)NS(C)(=O)=O)c(F)cc32)C1. The molecular weight excluding hydrogens is 381 g/mol. The Bertz CT molecular complexity index is 1060. The fourth-order valence-corrected chi connectivity index (χ4v) is 4.61. The number of benzene rings is 1. The summed E-state index contributed by atoms with van der Waals surface area (Å²) in [5.41, 5.74) is 2.26. The van der Waals surface area contributed by atoms with Gasteiger partial charge in [-0.1, -0.05) is 19.1 Å². The molecule has 1 aromatic carbocycles. The monoisotopic (exact) mass is 407 g/mol. The molecule has 0 bridgehead atoms. The van der Waals surface area contributed by atoms with Crippen LogP contribution in [-0.2, 0) is 16.6 Å². The van der Waals surface area contributed by atoms with Gasteiger partial charge in [0.15, 0.2) is 0 Å². The van der Waals surface area contributed by atoms with E-state index in [2.05, 4.69) is 18.6 Å². The molecule has 1 heterocycles. The molecule has 2 aromatic rings. The first-order valence-corrected chi connectivity index (χ1v) is 11.3. The molecule has 1 aliphatic carbocycles. The van der Waals surface area contributed by atoms with E-state index in [1.165, 1.54) is 17.7 Å². The van der Waals surface area contributed by atoms with Crippen LogP contribution in [0.4, 0.5) is 4.39 Å². The molecule has 0 spiro atoms. The third kappa shape index (κ3) is 4.11. The van der Waals surface area contributed by atoms with E-state index in [0.29, 0.717) is 23.1 Å². The number of nitrogens with zero attached hydrogens (tertiary/aromatic N) is 2. The average Bonchev–Trinajstić information content (AvgIpc) is 2.87. The van der Waals surface area contributed by atoms with E-state index in [1.807, 2.05) is 9.40 Å². The lowest BCUT2D eigenvalue weighted by atomic mass is 9.70. The van der Waals surface area contributed by atoms with Gasteiger partial charge >= 0.3 is 0 Å². The van der Waals surface area contributed by atoms with Crippen molar-refractivity contribution in [1.82, 2.24) is 14.5 Å². The van der Waals surface area contributed by atoms with Gasteiger partial charge in [0.1, 0.15) is 5.82 Å². The zero-order valence-corrected chi connectivity index (χ0v) is 17.3. The van der Waals surface area contributed by atoms with Gasteiger partial charge in [-0.2, -0.15) is 5.10 Å². The molecule has 0 radical (unpaired) electrons. The van der Waals surface area contributed by atoms with Crippen LogP contribution >= 0.6 is 0 Å². The van der Waals surface area contributed by atoms with Crippen molar-refractivity contribution < 1.29 is 17.6 Å². The van der Waals surface area contributed by atoms with Gasteiger partial charge in [-0.25, -0.2) is 17.5 Å². The number of carbonyl (C=O) groups is 1. The summed E-state index contributed by atoms with van der Waals surface area (Å²) in [6.45, 7) is 8.77. The summed E-state index contributed by atoms with van der Waals surface area (Å²) >= 11 is 0. The van der Waals surface area contributed by atoms with E-state index in [-0.39, 0.29) is 11.0 Å². The van der Waals surface area contributed by atoms with Crippen molar-refractivity contribution in [3.05, 3.63) is 41.4 Å². The predicted octanol–water partition coefficient (Wildman–Crippen LogP) is 3.70. The number of nitrogens with one attached hydrogen (secondary N) is 1. The molecule has 1 N–H and O–H groups in total. The summed E-state index contributed by atoms with van der Waals surface area (Å²) in [6, 6.07) is 2.65. The van der Waals surface area contributed by atoms with Crippen molar-refractivity contribution in [1.29, 1.82) is 0 Å². The van der Waals surface area contributed by atoms with Crippen molar-refractivity contribution in [2.45, 2.75) is 52.5 Å². The smallest absolute Gasteiger partial charge is 0.267 e. The molecule has 1 unspecified atom stereocenters. The number of aromatic nitrogens is 2. The van der Waals surface area contributed by atoms with Gasteiger partial charge in [0.2, 0.25) is 10.0 Å². The van der Waals surface area contributed by atoms with Crippen LogP contribution in [0.5, 0.6) is 0 Å². The maximum atomic E-state index is 14.6. The standard InChI is InChI=1S/C20H26FN3O3S/c1-5-20(8-6-7-13(2)11-20)12-24-18-10-17(21)16(9-15(18)14(3)22-24)19(25)23-28(4,26)27/h9-10H,2,5-8,11-12H2,1,3-4H3,(H,23,25). The molecule has 0 aliphatic heterocycles. The minimum Gasteiger partial charge on any atom is -0.268 e. The third-order valence-electron chi connectivity index (χ3n) is 5.64. The summed E-state index contributed by atoms with van der Waals surface area (Å²) in [5.74, 6) is -1.75. The molecule has 0 saturated heterocycles. The first kappa shape index (κ1) is 20.5. The van der Waals surface area contributed by atoms with Gasteiger partial charge in [-0.05, 0) is 50.5 Å². The molecule has 3 rings (SSSR count). The first-order valence-electron chi connectivity index (χ1n) is 9.39. The Kier molecular flexibility index (Phi) is 5.36. The molecular formula is C20H26FN3O3S. The lowest BCUT2D eigenvalue weighted by Gasteiger charge is -2.37. The van der Waals surface area contributed by atoms with Crippen LogP contribution in [-0.4, -0.2) is 30.4 Å². The van der Waals surface area contributed by atoms with Gasteiger partial charge < -0.3 is 0 Å². The van der Waals surface area contributed by atoms with Crippen LogP contribution < -0.4 is 4.72 Å². The summed E-state index contributed by atoms with van der Waals surface area (Å²) in [5, 5.41) is 5.23. The summed E-state index contributed by atoms with van der Waals surface area (Å²) in [4.78, 5) is 12.1. The molecule has 1 saturated carbocycles. The summed E-state index contributed by atoms with van der Waals surface area (Å²) in [7, 11) is -3.78. The van der Waals surface area contributed by atoms with Crippen molar-refractivity contribution in [3.8, 4) is 0 Å². The normalized spacial score (nSPS) is 20.5. The van der Waals surface area contributed by atoms with E-state index in [9.17, 15) is 17.6 Å². The van der Waals surface area contributed by atoms with E-state index in [4.69, 9.17) is 0 Å². The number of amides is 1. The molecule has 28 heavy (non-hydrogen) atoms. The Morgan fingerprint density at radius 1 is 1.43 bits per heavy atom. The summed E-state index contributed by atoms with van der Waals surface area (Å²) < 4.78 is 40.9. The Morgan fingerprint density at radius 3 is 2.75 bits per heavy atom. The fraction of sp³-hybridized carbons (Fsp3) is 0.500. The highest BCUT2D eigenvalue weighted by Crippen LogP contribution is 2.43. The molecule has 152 valence electrons. The minimum atomic E-state index is -3.78. The number of carbonyl (C=O) groups excluding carboxylic acids is 1. The number of fused-ring (bicyclic) bond motifs is 1. The molecule has 6 nitrogen and oxygen atoms in total. The van der Waals surface area contributed by atoms with Crippen LogP contribution in [0.2, 0.25) is 0 Å². The Hall–Kier alpha value is -2.22. The van der Waals surface area contributed by atoms with E-state index in [0.717, 1.165) is 38.4 Å². The minimum absolute atomic E-state index is 0.0452. The van der Waals surface area contributed by atoms with Gasteiger partial charge in [-0.3, -0.25) is 9.48 Å². The maximum Gasteiger partial charge on any atom is 0.267 e. The number of allylic oxidation sites excluding steroid dienone is 1. The van der Waals surface area contributed by atoms with Crippen molar-refractivity contribution >= 4 is 26.8 Å². The fourth-order valence-electron chi connectivity index (χ4n) is 4.16. The highest BCUT2D eigenvalue weighted by Gasteiger charge is 2.33. The largest absolute Gasteiger partial charge is 0.268 e. The predicted molar refractivity (Wildman–Crippen MR) is 107 cm³/mol. The molecule has 1 amide bonds. The lowest BCUT2D eigenvalue weighted by molar-refractivity contribution is 0.0978. The van der Waals surface area contributed by atoms with Crippen molar-refractivity contribution in [2.75, 3.05) is 6.26 Å². The van der Waals surface area contributed by atoms with E-state index < -0.39 is 21.7 Å². The number of aryl methyl sites for hydroxylation is 1. The second kappa shape index (κ2) is 7.31. The quantitative estimate of drug-likeness (QED) is 0.767. The van der Waals surface area contributed by atoms with E-state index in [1.54, 1.807) is 6.92 Å². The maximum absolute atomic E-state index is 14.6. The zero-order chi connectivity index (χ0) is 20.7. The number of rotatable bonds is 5. The molecule has 1 atom stereocenters. The van der Waals surface area contributed by atoms with Crippen LogP contribution in [0.1, 0.15) is 55.1 Å². The zero-order valence-electron chi connectivity index (χ0n) is 16.5. The number of hydrogen-bond donors (Lipinski definition) is 1. The van der Waals surface area contributed by atoms with Crippen molar-refractivity contribution in [3.63, 3.8) is 0 Å². The topological polar surface area (TPSA) is 81.1 Å². The van der Waals surface area contributed by atoms with Crippen LogP contribution in [0, 0.1) is 18.2 Å². The molecule has 1 fully saturated rings. The van der Waals surface area contributed by atoms with Crippen LogP contribution in [0.25, 0.3) is 10.9 Å². The highest BCUT2D eigenvalue weighted by molar-refractivity contribution is 7.89. The Labute approximate surface area is 164 Å². The van der Waals surface area contributed by atoms with Gasteiger partial charge in [0.25, 0.3) is 5.91 Å². The van der Waals surface area contributed by atoms with E-state index >= 15 is 0 Å². The van der Waals surface area contributed by atoms with Crippen LogP contribution in [0.3, 0.4) is 0 Å². The summed E-state index contributed by atoms with van der Waals surface area (Å²) in [6.07, 6.45) is 5.97. The first-order chi connectivity index (χ1) is 13.0. The van der Waals surface area contributed by atoms with Gasteiger partial charge in [0.05, 0.1) is 23.0 Å². The second-order valence-corrected chi connectivity index (χ2v) is 9.68. The third-order valence-corrected chi connectivity index (χ3v) is 6.20. The molecule has 8 heteroatoms. The van der Waals surface area contributed by atoms with Gasteiger partial charge in [0, 0.05) is 18.0 Å². The number of hydrogen-bond acceptors (Lipinski definition) is 4. The van der Waals surface area contributed by atoms with Crippen molar-refractivity contribution in [2.24, 2.45) is 5.41 Å². The Morgan fingerprint density at radius 2 is 2.14 bits per heavy atom. The molecule has 1 aromatic heterocycles. The van der Waals surface area contributed by atoms with Gasteiger partial charge in [-0.15, -0.1) is 0 Å². The lowest BCUT2D eigenvalue weighted by Crippen LogP contribution is -2.30.